The van der Waals surface area contributed by atoms with Crippen LogP contribution >= 0.6 is 15.9 Å². The average Bonchev–Trinajstić information content (AvgIpc) is 2.30. The van der Waals surface area contributed by atoms with Crippen LogP contribution in [0.25, 0.3) is 0 Å². The molecular formula is C15H21BrN2O4. The third-order valence-corrected chi connectivity index (χ3v) is 3.88. The molecule has 0 aliphatic heterocycles. The van der Waals surface area contributed by atoms with Gasteiger partial charge in [-0.1, -0.05) is 0 Å². The molecule has 2 rings (SSSR count). The average molecular weight is 373 g/mol. The number of nitrogens with zero attached hydrogens (tertiary/aromatic N) is 1. The third-order valence-electron chi connectivity index (χ3n) is 3.44. The molecule has 1 heterocycles. The van der Waals surface area contributed by atoms with Crippen molar-refractivity contribution in [2.24, 2.45) is 0 Å². The summed E-state index contributed by atoms with van der Waals surface area (Å²) in [5, 5.41) is 2.52. The fourth-order valence-corrected chi connectivity index (χ4v) is 2.75. The van der Waals surface area contributed by atoms with E-state index in [4.69, 9.17) is 9.47 Å². The number of pyridine rings is 1. The Bertz CT molecular complexity index is 615. The summed E-state index contributed by atoms with van der Waals surface area (Å²) in [6.45, 7) is 5.31. The molecule has 122 valence electrons. The summed E-state index contributed by atoms with van der Waals surface area (Å²) in [5.74, 6) is 0. The highest BCUT2D eigenvalue weighted by Gasteiger charge is 2.31. The Morgan fingerprint density at radius 1 is 1.41 bits per heavy atom. The number of carbonyl (C=O) groups is 1. The number of hydrogen-bond donors (Lipinski definition) is 1. The first-order valence-corrected chi connectivity index (χ1v) is 7.93. The van der Waals surface area contributed by atoms with Gasteiger partial charge in [0.1, 0.15) is 11.3 Å². The predicted octanol–water partition coefficient (Wildman–Crippen LogP) is 3.31. The van der Waals surface area contributed by atoms with Gasteiger partial charge in [-0.25, -0.2) is 4.79 Å². The molecule has 1 aromatic heterocycles. The third kappa shape index (κ3) is 4.10. The molecule has 1 aliphatic rings. The minimum absolute atomic E-state index is 0.0918. The van der Waals surface area contributed by atoms with Gasteiger partial charge in [0.05, 0.1) is 6.10 Å². The van der Waals surface area contributed by atoms with Crippen LogP contribution in [-0.2, 0) is 9.47 Å². The topological polar surface area (TPSA) is 69.6 Å². The number of ether oxygens (including phenoxy) is 2. The second kappa shape index (κ2) is 6.42. The minimum atomic E-state index is -0.641. The summed E-state index contributed by atoms with van der Waals surface area (Å²) < 4.78 is 12.8. The number of aromatic nitrogens is 1. The van der Waals surface area contributed by atoms with Crippen molar-refractivity contribution in [2.75, 3.05) is 12.4 Å². The molecule has 0 spiro atoms. The number of hydrogen-bond acceptors (Lipinski definition) is 4. The molecule has 6 nitrogen and oxygen atoms in total. The van der Waals surface area contributed by atoms with Crippen molar-refractivity contribution >= 4 is 27.7 Å². The Kier molecular flexibility index (Phi) is 4.97. The van der Waals surface area contributed by atoms with Crippen molar-refractivity contribution in [3.05, 3.63) is 27.1 Å². The quantitative estimate of drug-likeness (QED) is 0.883. The first-order chi connectivity index (χ1) is 10.2. The highest BCUT2D eigenvalue weighted by atomic mass is 79.9. The first kappa shape index (κ1) is 17.0. The van der Waals surface area contributed by atoms with E-state index in [9.17, 15) is 9.59 Å². The van der Waals surface area contributed by atoms with Gasteiger partial charge in [0, 0.05) is 23.8 Å². The first-order valence-electron chi connectivity index (χ1n) is 7.14. The van der Waals surface area contributed by atoms with Crippen molar-refractivity contribution < 1.29 is 14.3 Å². The molecule has 0 aromatic carbocycles. The van der Waals surface area contributed by atoms with Crippen LogP contribution in [0, 0.1) is 0 Å². The molecule has 0 saturated heterocycles. The van der Waals surface area contributed by atoms with Gasteiger partial charge in [-0.05, 0) is 55.6 Å². The number of carbonyl (C=O) groups excluding carboxylic acids is 1. The van der Waals surface area contributed by atoms with Crippen LogP contribution in [0.3, 0.4) is 0 Å². The van der Waals surface area contributed by atoms with Crippen LogP contribution in [0.5, 0.6) is 0 Å². The standard InChI is InChI=1S/C15H21BrN2O4/c1-15(2,3)22-14(20)17-12-5-9(16)8-18(13(12)19)10-6-11(7-10)21-4/h5,8,10-11H,6-7H2,1-4H3,(H,17,20)/t10-,11+. The fourth-order valence-electron chi connectivity index (χ4n) is 2.30. The number of rotatable bonds is 3. The zero-order valence-corrected chi connectivity index (χ0v) is 14.8. The molecule has 1 N–H and O–H groups in total. The van der Waals surface area contributed by atoms with Crippen LogP contribution in [0.15, 0.2) is 21.5 Å². The molecule has 1 aliphatic carbocycles. The van der Waals surface area contributed by atoms with Crippen LogP contribution in [0.4, 0.5) is 10.5 Å². The monoisotopic (exact) mass is 372 g/mol. The Morgan fingerprint density at radius 2 is 2.05 bits per heavy atom. The number of methoxy groups -OCH3 is 1. The van der Waals surface area contributed by atoms with Crippen molar-refractivity contribution in [3.63, 3.8) is 0 Å². The molecule has 0 radical (unpaired) electrons. The van der Waals surface area contributed by atoms with Gasteiger partial charge < -0.3 is 14.0 Å². The van der Waals surface area contributed by atoms with Gasteiger partial charge >= 0.3 is 6.09 Å². The lowest BCUT2D eigenvalue weighted by Gasteiger charge is -2.35. The molecule has 0 bridgehead atoms. The maximum atomic E-state index is 12.5. The Morgan fingerprint density at radius 3 is 2.59 bits per heavy atom. The van der Waals surface area contributed by atoms with Gasteiger partial charge in [-0.3, -0.25) is 10.1 Å². The van der Waals surface area contributed by atoms with Crippen LogP contribution in [0.2, 0.25) is 0 Å². The lowest BCUT2D eigenvalue weighted by molar-refractivity contribution is 0.00514. The van der Waals surface area contributed by atoms with Crippen LogP contribution in [0.1, 0.15) is 39.7 Å². The van der Waals surface area contributed by atoms with E-state index in [-0.39, 0.29) is 23.4 Å². The minimum Gasteiger partial charge on any atom is -0.444 e. The van der Waals surface area contributed by atoms with Gasteiger partial charge in [0.2, 0.25) is 0 Å². The molecule has 0 unspecified atom stereocenters. The Hall–Kier alpha value is -1.34. The molecule has 1 fully saturated rings. The zero-order valence-electron chi connectivity index (χ0n) is 13.2. The highest BCUT2D eigenvalue weighted by molar-refractivity contribution is 9.10. The Balaban J connectivity index is 2.17. The maximum absolute atomic E-state index is 12.5. The fraction of sp³-hybridized carbons (Fsp3) is 0.600. The molecule has 7 heteroatoms. The van der Waals surface area contributed by atoms with Crippen molar-refractivity contribution in [3.8, 4) is 0 Å². The normalized spacial score (nSPS) is 21.1. The van der Waals surface area contributed by atoms with Gasteiger partial charge in [-0.2, -0.15) is 0 Å². The summed E-state index contributed by atoms with van der Waals surface area (Å²) in [7, 11) is 1.67. The van der Waals surface area contributed by atoms with Crippen molar-refractivity contribution in [1.82, 2.24) is 4.57 Å². The second-order valence-corrected chi connectivity index (χ2v) is 7.31. The molecular weight excluding hydrogens is 352 g/mol. The zero-order chi connectivity index (χ0) is 16.5. The SMILES string of the molecule is CO[C@H]1C[C@@H](n2cc(Br)cc(NC(=O)OC(C)(C)C)c2=O)C1. The molecule has 1 saturated carbocycles. The highest BCUT2D eigenvalue weighted by Crippen LogP contribution is 2.33. The van der Waals surface area contributed by atoms with E-state index in [1.54, 1.807) is 44.7 Å². The van der Waals surface area contributed by atoms with E-state index in [1.165, 1.54) is 0 Å². The Labute approximate surface area is 137 Å². The number of amides is 1. The van der Waals surface area contributed by atoms with E-state index in [0.29, 0.717) is 0 Å². The lowest BCUT2D eigenvalue weighted by Crippen LogP contribution is -2.38. The van der Waals surface area contributed by atoms with Gasteiger partial charge in [0.25, 0.3) is 5.56 Å². The van der Waals surface area contributed by atoms with Crippen LogP contribution < -0.4 is 10.9 Å². The van der Waals surface area contributed by atoms with Crippen molar-refractivity contribution in [1.29, 1.82) is 0 Å². The van der Waals surface area contributed by atoms with E-state index in [2.05, 4.69) is 21.2 Å². The van der Waals surface area contributed by atoms with E-state index in [0.717, 1.165) is 17.3 Å². The predicted molar refractivity (Wildman–Crippen MR) is 87.3 cm³/mol. The summed E-state index contributed by atoms with van der Waals surface area (Å²) in [4.78, 5) is 24.3. The maximum Gasteiger partial charge on any atom is 0.412 e. The van der Waals surface area contributed by atoms with Crippen LogP contribution in [-0.4, -0.2) is 29.5 Å². The van der Waals surface area contributed by atoms with Gasteiger partial charge in [0.15, 0.2) is 0 Å². The van der Waals surface area contributed by atoms with E-state index < -0.39 is 11.7 Å². The molecule has 22 heavy (non-hydrogen) atoms. The second-order valence-electron chi connectivity index (χ2n) is 6.39. The number of nitrogens with one attached hydrogen (secondary N) is 1. The molecule has 1 amide bonds. The molecule has 0 atom stereocenters. The van der Waals surface area contributed by atoms with Gasteiger partial charge in [-0.15, -0.1) is 0 Å². The summed E-state index contributed by atoms with van der Waals surface area (Å²) in [5.41, 5.74) is -0.660. The summed E-state index contributed by atoms with van der Waals surface area (Å²) in [6.07, 6.45) is 2.87. The molecule has 1 aromatic rings. The van der Waals surface area contributed by atoms with E-state index >= 15 is 0 Å². The smallest absolute Gasteiger partial charge is 0.412 e. The summed E-state index contributed by atoms with van der Waals surface area (Å²) >= 11 is 3.37. The lowest BCUT2D eigenvalue weighted by atomic mass is 9.89. The van der Waals surface area contributed by atoms with E-state index in [1.807, 2.05) is 0 Å². The number of halogens is 1. The largest absolute Gasteiger partial charge is 0.444 e. The van der Waals surface area contributed by atoms with Crippen molar-refractivity contribution in [2.45, 2.75) is 51.4 Å². The number of anilines is 1. The summed E-state index contributed by atoms with van der Waals surface area (Å²) in [6, 6.07) is 1.67.